The molecule has 1 aliphatic rings. The molecule has 2 heterocycles. The minimum Gasteiger partial charge on any atom is -0.391 e. The van der Waals surface area contributed by atoms with E-state index in [4.69, 9.17) is 5.73 Å². The summed E-state index contributed by atoms with van der Waals surface area (Å²) < 4.78 is 0. The zero-order chi connectivity index (χ0) is 22.1. The third-order valence-corrected chi connectivity index (χ3v) is 6.62. The summed E-state index contributed by atoms with van der Waals surface area (Å²) in [6.07, 6.45) is -1.30. The lowest BCUT2D eigenvalue weighted by Crippen LogP contribution is -2.56. The predicted molar refractivity (Wildman–Crippen MR) is 119 cm³/mol. The normalized spacial score (nSPS) is 21.6. The van der Waals surface area contributed by atoms with Crippen LogP contribution >= 0.6 is 11.3 Å². The lowest BCUT2D eigenvalue weighted by molar-refractivity contribution is -0.138. The molecule has 0 saturated carbocycles. The van der Waals surface area contributed by atoms with Gasteiger partial charge < -0.3 is 20.8 Å². The maximum Gasteiger partial charge on any atom is 0.240 e. The number of aliphatic hydroxyl groups is 2. The van der Waals surface area contributed by atoms with Gasteiger partial charge in [0.25, 0.3) is 0 Å². The van der Waals surface area contributed by atoms with Gasteiger partial charge in [0.1, 0.15) is 6.23 Å². The van der Waals surface area contributed by atoms with Gasteiger partial charge in [-0.15, -0.1) is 11.3 Å². The van der Waals surface area contributed by atoms with E-state index in [2.05, 4.69) is 10.3 Å². The van der Waals surface area contributed by atoms with E-state index in [1.165, 1.54) is 4.90 Å². The van der Waals surface area contributed by atoms with Gasteiger partial charge in [0.2, 0.25) is 5.91 Å². The molecular formula is C22H32N4O3S. The summed E-state index contributed by atoms with van der Waals surface area (Å²) in [4.78, 5) is 19.8. The predicted octanol–water partition coefficient (Wildman–Crippen LogP) is 1.86. The number of nitrogens with two attached hydrogens (primary N) is 1. The van der Waals surface area contributed by atoms with Crippen molar-refractivity contribution < 1.29 is 15.0 Å². The molecule has 0 spiro atoms. The maximum atomic E-state index is 12.9. The number of hydrogen-bond acceptors (Lipinski definition) is 7. The van der Waals surface area contributed by atoms with E-state index in [1.54, 1.807) is 11.3 Å². The first-order valence-electron chi connectivity index (χ1n) is 10.2. The Morgan fingerprint density at radius 2 is 2.03 bits per heavy atom. The number of amides is 1. The number of β-amino-alcohol motifs (C(OH)–C–C–N with tert-alkyl or cyclic N) is 1. The van der Waals surface area contributed by atoms with Crippen LogP contribution in [0.3, 0.4) is 0 Å². The van der Waals surface area contributed by atoms with Crippen LogP contribution in [0.4, 0.5) is 0 Å². The van der Waals surface area contributed by atoms with Crippen molar-refractivity contribution in [2.45, 2.75) is 65.1 Å². The Kier molecular flexibility index (Phi) is 6.94. The van der Waals surface area contributed by atoms with Crippen LogP contribution in [0.1, 0.15) is 38.4 Å². The van der Waals surface area contributed by atoms with Crippen LogP contribution in [-0.4, -0.2) is 57.0 Å². The van der Waals surface area contributed by atoms with Gasteiger partial charge in [-0.1, -0.05) is 45.0 Å². The molecule has 1 saturated heterocycles. The van der Waals surface area contributed by atoms with E-state index < -0.39 is 29.8 Å². The molecule has 164 valence electrons. The zero-order valence-electron chi connectivity index (χ0n) is 18.0. The molecule has 5 N–H and O–H groups in total. The number of carbonyl (C=O) groups is 1. The van der Waals surface area contributed by atoms with E-state index in [9.17, 15) is 15.0 Å². The van der Waals surface area contributed by atoms with Gasteiger partial charge in [0.15, 0.2) is 0 Å². The highest BCUT2D eigenvalue weighted by Gasteiger charge is 2.42. The smallest absolute Gasteiger partial charge is 0.240 e. The second-order valence-electron chi connectivity index (χ2n) is 9.08. The number of aryl methyl sites for hydroxylation is 1. The standard InChI is InChI=1S/C22H32N4O3S/c1-13-18(30-12-25-13)15-7-5-14(6-8-15)10-24-20(28)17-9-16(27)11-26(17)21(29)19(23)22(2,3)4/h5-8,12,16-17,19-20,24,27-28H,9-11,23H2,1-4H3/t16-,17?,19-,20?/m1/s1. The molecule has 30 heavy (non-hydrogen) atoms. The Hall–Kier alpha value is -1.84. The van der Waals surface area contributed by atoms with E-state index in [-0.39, 0.29) is 12.5 Å². The fourth-order valence-electron chi connectivity index (χ4n) is 3.66. The number of nitrogens with zero attached hydrogens (tertiary/aromatic N) is 2. The second kappa shape index (κ2) is 9.11. The topological polar surface area (TPSA) is 112 Å². The molecule has 1 aromatic carbocycles. The molecule has 3 rings (SSSR count). The lowest BCUT2D eigenvalue weighted by atomic mass is 9.86. The molecule has 1 fully saturated rings. The summed E-state index contributed by atoms with van der Waals surface area (Å²) in [6, 6.07) is 6.90. The minimum absolute atomic E-state index is 0.189. The highest BCUT2D eigenvalue weighted by atomic mass is 32.1. The number of rotatable bonds is 6. The molecule has 0 bridgehead atoms. The van der Waals surface area contributed by atoms with Crippen molar-refractivity contribution in [2.75, 3.05) is 6.54 Å². The first kappa shape index (κ1) is 22.8. The van der Waals surface area contributed by atoms with E-state index in [1.807, 2.05) is 57.5 Å². The van der Waals surface area contributed by atoms with Crippen LogP contribution in [0.5, 0.6) is 0 Å². The van der Waals surface area contributed by atoms with Gasteiger partial charge >= 0.3 is 0 Å². The minimum atomic E-state index is -0.957. The third-order valence-electron chi connectivity index (χ3n) is 5.64. The summed E-state index contributed by atoms with van der Waals surface area (Å²) in [5.74, 6) is -0.241. The number of nitrogens with one attached hydrogen (secondary N) is 1. The Morgan fingerprint density at radius 1 is 1.37 bits per heavy atom. The Bertz CT molecular complexity index is 862. The molecule has 1 aromatic heterocycles. The van der Waals surface area contributed by atoms with Crippen LogP contribution < -0.4 is 11.1 Å². The number of carbonyl (C=O) groups excluding carboxylic acids is 1. The average Bonchev–Trinajstić information content (AvgIpc) is 3.30. The number of thiazole rings is 1. The van der Waals surface area contributed by atoms with Crippen LogP contribution in [0.15, 0.2) is 29.8 Å². The molecule has 8 heteroatoms. The number of aromatic nitrogens is 1. The van der Waals surface area contributed by atoms with Crippen LogP contribution in [0.2, 0.25) is 0 Å². The third kappa shape index (κ3) is 5.07. The van der Waals surface area contributed by atoms with Crippen molar-refractivity contribution in [1.82, 2.24) is 15.2 Å². The SMILES string of the molecule is Cc1ncsc1-c1ccc(CNC(O)C2C[C@@H](O)CN2C(=O)[C@@H](N)C(C)(C)C)cc1. The number of benzene rings is 1. The van der Waals surface area contributed by atoms with Gasteiger partial charge in [-0.3, -0.25) is 10.1 Å². The number of likely N-dealkylation sites (tertiary alicyclic amines) is 1. The van der Waals surface area contributed by atoms with Crippen molar-refractivity contribution in [3.8, 4) is 10.4 Å². The highest BCUT2D eigenvalue weighted by Crippen LogP contribution is 2.28. The monoisotopic (exact) mass is 432 g/mol. The van der Waals surface area contributed by atoms with Gasteiger partial charge in [-0.25, -0.2) is 4.98 Å². The van der Waals surface area contributed by atoms with E-state index in [0.29, 0.717) is 13.0 Å². The van der Waals surface area contributed by atoms with Gasteiger partial charge in [0.05, 0.1) is 34.3 Å². The van der Waals surface area contributed by atoms with Crippen LogP contribution in [-0.2, 0) is 11.3 Å². The van der Waals surface area contributed by atoms with Crippen LogP contribution in [0, 0.1) is 12.3 Å². The Balaban J connectivity index is 1.62. The maximum absolute atomic E-state index is 12.9. The summed E-state index contributed by atoms with van der Waals surface area (Å²) in [6.45, 7) is 8.35. The molecule has 0 aliphatic carbocycles. The van der Waals surface area contributed by atoms with Crippen molar-refractivity contribution in [3.63, 3.8) is 0 Å². The number of aliphatic hydroxyl groups excluding tert-OH is 2. The molecule has 0 radical (unpaired) electrons. The summed E-state index contributed by atoms with van der Waals surface area (Å²) >= 11 is 1.61. The van der Waals surface area contributed by atoms with Crippen molar-refractivity contribution >= 4 is 17.2 Å². The first-order valence-corrected chi connectivity index (χ1v) is 11.1. The molecule has 2 aromatic rings. The average molecular weight is 433 g/mol. The van der Waals surface area contributed by atoms with Gasteiger partial charge in [-0.2, -0.15) is 0 Å². The zero-order valence-corrected chi connectivity index (χ0v) is 18.8. The fourth-order valence-corrected chi connectivity index (χ4v) is 4.47. The lowest BCUT2D eigenvalue weighted by Gasteiger charge is -2.34. The van der Waals surface area contributed by atoms with Crippen molar-refractivity contribution in [3.05, 3.63) is 41.0 Å². The molecular weight excluding hydrogens is 400 g/mol. The second-order valence-corrected chi connectivity index (χ2v) is 9.94. The Labute approximate surface area is 181 Å². The fraction of sp³-hybridized carbons (Fsp3) is 0.545. The summed E-state index contributed by atoms with van der Waals surface area (Å²) in [5.41, 5.74) is 10.7. The highest BCUT2D eigenvalue weighted by molar-refractivity contribution is 7.13. The molecule has 7 nitrogen and oxygen atoms in total. The Morgan fingerprint density at radius 3 is 2.60 bits per heavy atom. The summed E-state index contributed by atoms with van der Waals surface area (Å²) in [7, 11) is 0. The summed E-state index contributed by atoms with van der Waals surface area (Å²) in [5, 5.41) is 23.9. The number of hydrogen-bond donors (Lipinski definition) is 4. The van der Waals surface area contributed by atoms with Crippen LogP contribution in [0.25, 0.3) is 10.4 Å². The van der Waals surface area contributed by atoms with Crippen molar-refractivity contribution in [2.24, 2.45) is 11.1 Å². The first-order chi connectivity index (χ1) is 14.1. The van der Waals surface area contributed by atoms with E-state index in [0.717, 1.165) is 21.7 Å². The largest absolute Gasteiger partial charge is 0.391 e. The molecule has 1 aliphatic heterocycles. The molecule has 1 amide bonds. The quantitative estimate of drug-likeness (QED) is 0.519. The van der Waals surface area contributed by atoms with Gasteiger partial charge in [-0.05, 0) is 29.9 Å². The van der Waals surface area contributed by atoms with E-state index >= 15 is 0 Å². The molecule has 4 atom stereocenters. The van der Waals surface area contributed by atoms with Gasteiger partial charge in [0, 0.05) is 13.1 Å². The molecule has 2 unspecified atom stereocenters. The van der Waals surface area contributed by atoms with Crippen molar-refractivity contribution in [1.29, 1.82) is 0 Å².